The van der Waals surface area contributed by atoms with Gasteiger partial charge in [-0.25, -0.2) is 0 Å². The highest BCUT2D eigenvalue weighted by Crippen LogP contribution is 2.49. The van der Waals surface area contributed by atoms with Crippen LogP contribution in [0.25, 0.3) is 105 Å². The van der Waals surface area contributed by atoms with Crippen molar-refractivity contribution >= 4 is 72.2 Å². The Kier molecular flexibility index (Phi) is 8.67. The minimum absolute atomic E-state index is 0.00239. The number of hydrogen-bond acceptors (Lipinski definition) is 0. The van der Waals surface area contributed by atoms with Gasteiger partial charge in [0.25, 0.3) is 0 Å². The third-order valence-electron chi connectivity index (χ3n) is 16.3. The van der Waals surface area contributed by atoms with Gasteiger partial charge in [0.2, 0.25) is 0 Å². The van der Waals surface area contributed by atoms with Crippen molar-refractivity contribution in [1.29, 1.82) is 0 Å². The first kappa shape index (κ1) is 42.0. The van der Waals surface area contributed by atoms with Crippen LogP contribution in [0.3, 0.4) is 0 Å². The fourth-order valence-corrected chi connectivity index (χ4v) is 12.9. The molecule has 0 atom stereocenters. The third-order valence-corrected chi connectivity index (χ3v) is 16.3. The molecule has 0 amide bonds. The molecule has 336 valence electrons. The Morgan fingerprint density at radius 3 is 1.72 bits per heavy atom. The van der Waals surface area contributed by atoms with Crippen molar-refractivity contribution in [2.24, 2.45) is 0 Å². The van der Waals surface area contributed by atoms with Crippen molar-refractivity contribution in [2.75, 3.05) is 0 Å². The monoisotopic (exact) mass is 890 g/mol. The second-order valence-electron chi connectivity index (χ2n) is 22.9. The van der Waals surface area contributed by atoms with Crippen molar-refractivity contribution in [3.63, 3.8) is 0 Å². The van der Waals surface area contributed by atoms with Gasteiger partial charge in [-0.2, -0.15) is 0 Å². The highest BCUT2D eigenvalue weighted by Gasteiger charge is 2.43. The Morgan fingerprint density at radius 2 is 1.03 bits per heavy atom. The average Bonchev–Trinajstić information content (AvgIpc) is 3.81. The standard InChI is InChI=1S/C66H59BN2/c1-36-22-24-46(41(6)28-36)42-29-52-55-35-45(66(10,11)12)34-54-51-33-44(65(7,8)9)23-27-57(51)69(63(54)55)67-56-31-43(59-37(2)16-13-17-38(59)3)30-53-50-26-25-47-48(60-39(4)18-14-19-40(60)5)20-15-21-49(47)62(50)68(64(53)56)58(32-42)61(52)67/h13-35H,1-12H3. The Labute approximate surface area is 407 Å². The van der Waals surface area contributed by atoms with E-state index < -0.39 is 0 Å². The minimum atomic E-state index is -0.0725. The number of aromatic nitrogens is 2. The molecule has 2 aliphatic rings. The summed E-state index contributed by atoms with van der Waals surface area (Å²) in [5.41, 5.74) is 30.1. The molecule has 0 N–H and O–H groups in total. The number of rotatable bonds is 3. The molecule has 0 bridgehead atoms. The molecule has 0 radical (unpaired) electrons. The molecule has 2 aromatic heterocycles. The third kappa shape index (κ3) is 5.86. The van der Waals surface area contributed by atoms with Gasteiger partial charge in [-0.1, -0.05) is 144 Å². The maximum Gasteiger partial charge on any atom is 0.333 e. The van der Waals surface area contributed by atoms with Crippen LogP contribution >= 0.6 is 0 Å². The van der Waals surface area contributed by atoms with Gasteiger partial charge in [0.1, 0.15) is 0 Å². The van der Waals surface area contributed by atoms with Crippen LogP contribution in [0.1, 0.15) is 86.1 Å². The summed E-state index contributed by atoms with van der Waals surface area (Å²) in [6, 6.07) is 55.0. The first-order valence-corrected chi connectivity index (χ1v) is 25.0. The number of hydrogen-bond donors (Lipinski definition) is 0. The fraction of sp³-hybridized carbons (Fsp3) is 0.212. The van der Waals surface area contributed by atoms with E-state index in [1.165, 1.54) is 160 Å². The molecule has 0 saturated heterocycles. The Hall–Kier alpha value is -7.10. The molecule has 11 aromatic rings. The fourth-order valence-electron chi connectivity index (χ4n) is 12.9. The van der Waals surface area contributed by atoms with E-state index in [2.05, 4.69) is 232 Å². The van der Waals surface area contributed by atoms with Gasteiger partial charge in [0.05, 0.1) is 11.0 Å². The van der Waals surface area contributed by atoms with Gasteiger partial charge in [-0.15, -0.1) is 0 Å². The molecule has 0 fully saturated rings. The Balaban J connectivity index is 1.27. The largest absolute Gasteiger partial charge is 0.375 e. The van der Waals surface area contributed by atoms with Crippen LogP contribution < -0.4 is 10.9 Å². The van der Waals surface area contributed by atoms with Gasteiger partial charge in [-0.3, -0.25) is 0 Å². The first-order valence-electron chi connectivity index (χ1n) is 25.0. The lowest BCUT2D eigenvalue weighted by molar-refractivity contribution is 0.590. The number of fused-ring (bicyclic) bond motifs is 12. The predicted octanol–water partition coefficient (Wildman–Crippen LogP) is 16.4. The van der Waals surface area contributed by atoms with E-state index in [-0.39, 0.29) is 17.7 Å². The first-order chi connectivity index (χ1) is 33.0. The number of aryl methyl sites for hydroxylation is 6. The molecule has 0 saturated carbocycles. The number of benzene rings is 9. The SMILES string of the molecule is Cc1ccc(-c2cc3c4c(c2)-n2c5c(cc(-c6c(C)cccc6C)cc5c5ccc6c(-c7c(C)cccc7C)cccc6c52)B4n2c4ccc(C(C)(C)C)cc4c4cc(C(C)(C)C)cc-3c42)c(C)c1. The zero-order valence-electron chi connectivity index (χ0n) is 42.3. The normalized spacial score (nSPS) is 13.2. The van der Waals surface area contributed by atoms with Crippen molar-refractivity contribution in [3.05, 3.63) is 184 Å². The molecular weight excluding hydrogens is 832 g/mol. The van der Waals surface area contributed by atoms with E-state index >= 15 is 0 Å². The van der Waals surface area contributed by atoms with Crippen molar-refractivity contribution in [2.45, 2.75) is 93.9 Å². The molecular formula is C66H59BN2. The van der Waals surface area contributed by atoms with Gasteiger partial charge < -0.3 is 9.05 Å². The van der Waals surface area contributed by atoms with Crippen LogP contribution in [-0.4, -0.2) is 15.9 Å². The summed E-state index contributed by atoms with van der Waals surface area (Å²) in [5, 5.41) is 7.85. The summed E-state index contributed by atoms with van der Waals surface area (Å²) in [5.74, 6) is 0. The molecule has 0 unspecified atom stereocenters. The molecule has 3 heteroatoms. The molecule has 0 aliphatic carbocycles. The summed E-state index contributed by atoms with van der Waals surface area (Å²) in [7, 11) is 0. The lowest BCUT2D eigenvalue weighted by atomic mass is 9.45. The molecule has 13 rings (SSSR count). The van der Waals surface area contributed by atoms with Gasteiger partial charge in [-0.05, 0) is 189 Å². The zero-order chi connectivity index (χ0) is 47.7. The molecule has 2 nitrogen and oxygen atoms in total. The van der Waals surface area contributed by atoms with E-state index in [1.54, 1.807) is 0 Å². The van der Waals surface area contributed by atoms with Gasteiger partial charge in [0, 0.05) is 49.2 Å². The van der Waals surface area contributed by atoms with Crippen LogP contribution in [0.5, 0.6) is 0 Å². The quantitative estimate of drug-likeness (QED) is 0.156. The maximum absolute atomic E-state index is 2.77. The van der Waals surface area contributed by atoms with E-state index in [4.69, 9.17) is 0 Å². The zero-order valence-corrected chi connectivity index (χ0v) is 42.3. The van der Waals surface area contributed by atoms with E-state index in [0.717, 1.165) is 0 Å². The lowest BCUT2D eigenvalue weighted by Gasteiger charge is -2.35. The second-order valence-corrected chi connectivity index (χ2v) is 22.9. The second kappa shape index (κ2) is 14.2. The number of nitrogens with zero attached hydrogens (tertiary/aromatic N) is 2. The van der Waals surface area contributed by atoms with Crippen LogP contribution in [-0.2, 0) is 10.8 Å². The van der Waals surface area contributed by atoms with E-state index in [1.807, 2.05) is 0 Å². The molecule has 0 spiro atoms. The summed E-state index contributed by atoms with van der Waals surface area (Å²) >= 11 is 0. The summed E-state index contributed by atoms with van der Waals surface area (Å²) in [4.78, 5) is 0. The summed E-state index contributed by atoms with van der Waals surface area (Å²) in [6.45, 7) is 27.7. The van der Waals surface area contributed by atoms with Crippen LogP contribution in [0, 0.1) is 41.5 Å². The summed E-state index contributed by atoms with van der Waals surface area (Å²) in [6.07, 6.45) is 0. The predicted molar refractivity (Wildman–Crippen MR) is 299 cm³/mol. The van der Waals surface area contributed by atoms with Crippen molar-refractivity contribution in [3.8, 4) is 50.2 Å². The van der Waals surface area contributed by atoms with Crippen LogP contribution in [0.15, 0.2) is 140 Å². The highest BCUT2D eigenvalue weighted by atomic mass is 15.0. The minimum Gasteiger partial charge on any atom is -0.375 e. The smallest absolute Gasteiger partial charge is 0.333 e. The average molecular weight is 891 g/mol. The molecule has 69 heavy (non-hydrogen) atoms. The van der Waals surface area contributed by atoms with E-state index in [9.17, 15) is 0 Å². The van der Waals surface area contributed by atoms with Crippen molar-refractivity contribution in [1.82, 2.24) is 9.05 Å². The van der Waals surface area contributed by atoms with Crippen LogP contribution in [0.4, 0.5) is 0 Å². The van der Waals surface area contributed by atoms with Crippen LogP contribution in [0.2, 0.25) is 0 Å². The van der Waals surface area contributed by atoms with Gasteiger partial charge >= 0.3 is 6.85 Å². The highest BCUT2D eigenvalue weighted by molar-refractivity contribution is 6.90. The summed E-state index contributed by atoms with van der Waals surface area (Å²) < 4.78 is 5.48. The van der Waals surface area contributed by atoms with Gasteiger partial charge in [0.15, 0.2) is 0 Å². The van der Waals surface area contributed by atoms with Crippen molar-refractivity contribution < 1.29 is 0 Å². The maximum atomic E-state index is 2.77. The Bertz CT molecular complexity index is 4060. The Morgan fingerprint density at radius 1 is 0.391 bits per heavy atom. The molecule has 2 aliphatic heterocycles. The molecule has 4 heterocycles. The topological polar surface area (TPSA) is 9.86 Å². The lowest BCUT2D eigenvalue weighted by Crippen LogP contribution is -2.55. The molecule has 9 aromatic carbocycles. The van der Waals surface area contributed by atoms with E-state index in [0.29, 0.717) is 0 Å².